The number of nitrogens with zero attached hydrogens (tertiary/aromatic N) is 1. The van der Waals surface area contributed by atoms with Crippen molar-refractivity contribution in [1.82, 2.24) is 0 Å². The standard InChI is InChI=1S/C23H18NO/c1-15-13-23-19(17-8-4-6-10-22(17)25-23)14-18(15)21-12-11-16-7-3-5-9-20(16)24(21)2/h3-14H,1-2H3/q+1. The third kappa shape index (κ3) is 2.07. The van der Waals surface area contributed by atoms with Gasteiger partial charge in [-0.3, -0.25) is 0 Å². The van der Waals surface area contributed by atoms with Crippen molar-refractivity contribution >= 4 is 32.8 Å². The first-order valence-electron chi connectivity index (χ1n) is 8.52. The normalized spacial score (nSPS) is 11.6. The van der Waals surface area contributed by atoms with Gasteiger partial charge in [0.1, 0.15) is 18.2 Å². The lowest BCUT2D eigenvalue weighted by atomic mass is 10.0. The zero-order valence-corrected chi connectivity index (χ0v) is 14.3. The smallest absolute Gasteiger partial charge is 0.213 e. The molecule has 0 aliphatic heterocycles. The molecule has 0 aliphatic carbocycles. The Morgan fingerprint density at radius 2 is 1.56 bits per heavy atom. The Hall–Kier alpha value is -3.13. The first-order valence-corrected chi connectivity index (χ1v) is 8.52. The molecule has 3 aromatic carbocycles. The van der Waals surface area contributed by atoms with E-state index in [0.717, 1.165) is 11.2 Å². The minimum absolute atomic E-state index is 0.942. The van der Waals surface area contributed by atoms with E-state index < -0.39 is 0 Å². The lowest BCUT2D eigenvalue weighted by molar-refractivity contribution is -0.633. The molecule has 0 radical (unpaired) electrons. The third-order valence-corrected chi connectivity index (χ3v) is 5.08. The topological polar surface area (TPSA) is 17.0 Å². The maximum atomic E-state index is 6.02. The zero-order chi connectivity index (χ0) is 17.0. The second-order valence-corrected chi connectivity index (χ2v) is 6.60. The fraction of sp³-hybridized carbons (Fsp3) is 0.0870. The molecule has 0 spiro atoms. The lowest BCUT2D eigenvalue weighted by Gasteiger charge is -2.07. The van der Waals surface area contributed by atoms with Crippen molar-refractivity contribution in [2.75, 3.05) is 0 Å². The highest BCUT2D eigenvalue weighted by molar-refractivity contribution is 6.06. The van der Waals surface area contributed by atoms with Crippen molar-refractivity contribution < 1.29 is 8.98 Å². The Kier molecular flexibility index (Phi) is 2.95. The molecule has 2 nitrogen and oxygen atoms in total. The molecule has 0 unspecified atom stereocenters. The first-order chi connectivity index (χ1) is 12.2. The largest absolute Gasteiger partial charge is 0.456 e. The van der Waals surface area contributed by atoms with Crippen LogP contribution in [0.2, 0.25) is 0 Å². The summed E-state index contributed by atoms with van der Waals surface area (Å²) in [5.41, 5.74) is 6.80. The number of pyridine rings is 1. The summed E-state index contributed by atoms with van der Waals surface area (Å²) in [5, 5.41) is 3.59. The minimum atomic E-state index is 0.942. The summed E-state index contributed by atoms with van der Waals surface area (Å²) >= 11 is 0. The average Bonchev–Trinajstić information content (AvgIpc) is 2.99. The van der Waals surface area contributed by atoms with Crippen molar-refractivity contribution in [2.45, 2.75) is 6.92 Å². The number of hydrogen-bond acceptors (Lipinski definition) is 1. The van der Waals surface area contributed by atoms with E-state index in [0.29, 0.717) is 0 Å². The molecule has 0 N–H and O–H groups in total. The Bertz CT molecular complexity index is 1260. The summed E-state index contributed by atoms with van der Waals surface area (Å²) in [6.45, 7) is 2.15. The van der Waals surface area contributed by atoms with Crippen molar-refractivity contribution in [1.29, 1.82) is 0 Å². The molecule has 0 aliphatic rings. The van der Waals surface area contributed by atoms with E-state index in [1.54, 1.807) is 0 Å². The van der Waals surface area contributed by atoms with E-state index in [2.05, 4.69) is 79.2 Å². The first kappa shape index (κ1) is 14.2. The van der Waals surface area contributed by atoms with Crippen LogP contribution < -0.4 is 4.57 Å². The van der Waals surface area contributed by atoms with Crippen molar-refractivity contribution in [2.24, 2.45) is 7.05 Å². The van der Waals surface area contributed by atoms with Gasteiger partial charge in [0.15, 0.2) is 0 Å². The lowest BCUT2D eigenvalue weighted by Crippen LogP contribution is -2.32. The molecular weight excluding hydrogens is 306 g/mol. The molecule has 25 heavy (non-hydrogen) atoms. The molecule has 120 valence electrons. The molecule has 0 amide bonds. The molecular formula is C23H18NO+. The molecule has 2 heteroatoms. The summed E-state index contributed by atoms with van der Waals surface area (Å²) in [6, 6.07) is 25.5. The van der Waals surface area contributed by atoms with Crippen LogP contribution in [0.4, 0.5) is 0 Å². The Morgan fingerprint density at radius 3 is 2.48 bits per heavy atom. The minimum Gasteiger partial charge on any atom is -0.456 e. The Labute approximate surface area is 145 Å². The number of benzene rings is 3. The third-order valence-electron chi connectivity index (χ3n) is 5.08. The number of furan rings is 1. The number of aryl methyl sites for hydroxylation is 2. The van der Waals surface area contributed by atoms with E-state index in [1.165, 1.54) is 38.5 Å². The van der Waals surface area contributed by atoms with Gasteiger partial charge in [-0.15, -0.1) is 0 Å². The van der Waals surface area contributed by atoms with Gasteiger partial charge in [0, 0.05) is 33.9 Å². The van der Waals surface area contributed by atoms with Crippen molar-refractivity contribution in [3.05, 3.63) is 78.4 Å². The molecule has 0 bridgehead atoms. The average molecular weight is 324 g/mol. The van der Waals surface area contributed by atoms with Crippen LogP contribution in [0.1, 0.15) is 5.56 Å². The van der Waals surface area contributed by atoms with Gasteiger partial charge in [-0.05, 0) is 42.8 Å². The van der Waals surface area contributed by atoms with Gasteiger partial charge >= 0.3 is 0 Å². The van der Waals surface area contributed by atoms with Crippen LogP contribution in [0, 0.1) is 6.92 Å². The van der Waals surface area contributed by atoms with E-state index in [4.69, 9.17) is 4.42 Å². The summed E-state index contributed by atoms with van der Waals surface area (Å²) in [4.78, 5) is 0. The second-order valence-electron chi connectivity index (χ2n) is 6.60. The quantitative estimate of drug-likeness (QED) is 0.370. The Morgan fingerprint density at radius 1 is 0.760 bits per heavy atom. The maximum absolute atomic E-state index is 6.02. The van der Waals surface area contributed by atoms with Crippen LogP contribution in [0.5, 0.6) is 0 Å². The van der Waals surface area contributed by atoms with Gasteiger partial charge in [0.25, 0.3) is 0 Å². The summed E-state index contributed by atoms with van der Waals surface area (Å²) in [5.74, 6) is 0. The van der Waals surface area contributed by atoms with Gasteiger partial charge in [-0.1, -0.05) is 30.3 Å². The molecule has 0 fully saturated rings. The highest BCUT2D eigenvalue weighted by Gasteiger charge is 2.18. The van der Waals surface area contributed by atoms with Crippen molar-refractivity contribution in [3.63, 3.8) is 0 Å². The molecule has 2 aromatic heterocycles. The molecule has 0 saturated carbocycles. The van der Waals surface area contributed by atoms with Gasteiger partial charge in [0.2, 0.25) is 11.2 Å². The van der Waals surface area contributed by atoms with Gasteiger partial charge in [-0.25, -0.2) is 0 Å². The van der Waals surface area contributed by atoms with E-state index >= 15 is 0 Å². The highest BCUT2D eigenvalue weighted by atomic mass is 16.3. The van der Waals surface area contributed by atoms with Gasteiger partial charge in [0.05, 0.1) is 0 Å². The van der Waals surface area contributed by atoms with Crippen LogP contribution in [-0.4, -0.2) is 0 Å². The Balaban J connectivity index is 1.84. The van der Waals surface area contributed by atoms with E-state index in [1.807, 2.05) is 12.1 Å². The molecule has 5 rings (SSSR count). The van der Waals surface area contributed by atoms with Crippen LogP contribution in [0.3, 0.4) is 0 Å². The summed E-state index contributed by atoms with van der Waals surface area (Å²) in [6.07, 6.45) is 0. The van der Waals surface area contributed by atoms with Crippen LogP contribution in [0.25, 0.3) is 44.1 Å². The maximum Gasteiger partial charge on any atom is 0.213 e. The zero-order valence-electron chi connectivity index (χ0n) is 14.3. The monoisotopic (exact) mass is 324 g/mol. The highest BCUT2D eigenvalue weighted by Crippen LogP contribution is 2.34. The van der Waals surface area contributed by atoms with E-state index in [9.17, 15) is 0 Å². The van der Waals surface area contributed by atoms with Gasteiger partial charge < -0.3 is 4.42 Å². The molecule has 5 aromatic rings. The van der Waals surface area contributed by atoms with Crippen molar-refractivity contribution in [3.8, 4) is 11.3 Å². The predicted molar refractivity (Wildman–Crippen MR) is 103 cm³/mol. The number of fused-ring (bicyclic) bond motifs is 4. The second kappa shape index (κ2) is 5.18. The van der Waals surface area contributed by atoms with Gasteiger partial charge in [-0.2, -0.15) is 4.57 Å². The van der Waals surface area contributed by atoms with Crippen LogP contribution >= 0.6 is 0 Å². The molecule has 2 heterocycles. The number of para-hydroxylation sites is 2. The fourth-order valence-electron chi connectivity index (χ4n) is 3.76. The molecule has 0 saturated heterocycles. The fourth-order valence-corrected chi connectivity index (χ4v) is 3.76. The van der Waals surface area contributed by atoms with E-state index in [-0.39, 0.29) is 0 Å². The predicted octanol–water partition coefficient (Wildman–Crippen LogP) is 5.54. The number of hydrogen-bond donors (Lipinski definition) is 0. The summed E-state index contributed by atoms with van der Waals surface area (Å²) in [7, 11) is 2.13. The van der Waals surface area contributed by atoms with Crippen LogP contribution in [-0.2, 0) is 7.05 Å². The SMILES string of the molecule is Cc1cc2oc3ccccc3c2cc1-c1ccc2ccccc2[n+]1C. The number of aromatic nitrogens is 1. The number of rotatable bonds is 1. The van der Waals surface area contributed by atoms with Crippen LogP contribution in [0.15, 0.2) is 77.2 Å². The molecule has 0 atom stereocenters. The summed E-state index contributed by atoms with van der Waals surface area (Å²) < 4.78 is 8.29.